The molecule has 1 rings (SSSR count). The van der Waals surface area contributed by atoms with Crippen LogP contribution in [0.3, 0.4) is 0 Å². The Hall–Kier alpha value is -1.53. The Kier molecular flexibility index (Phi) is 15.1. The van der Waals surface area contributed by atoms with Crippen molar-refractivity contribution in [3.63, 3.8) is 0 Å². The van der Waals surface area contributed by atoms with E-state index in [1.165, 1.54) is 0 Å². The molecule has 0 atom stereocenters. The lowest BCUT2D eigenvalue weighted by Crippen LogP contribution is -2.22. The normalized spacial score (nSPS) is 10.7. The SMILES string of the molecule is CC(C)(Br)C(=O)O.CC(C)(Br)C(=O)O.CC(C)(Br)C(=O)O.Oc1cc(O)cc(O)c1. The summed E-state index contributed by atoms with van der Waals surface area (Å²) in [5.41, 5.74) is 0. The van der Waals surface area contributed by atoms with Crippen molar-refractivity contribution < 1.29 is 45.0 Å². The monoisotopic (exact) mass is 624 g/mol. The van der Waals surface area contributed by atoms with Gasteiger partial charge < -0.3 is 30.6 Å². The molecule has 0 bridgehead atoms. The Morgan fingerprint density at radius 2 is 0.667 bits per heavy atom. The van der Waals surface area contributed by atoms with Crippen LogP contribution in [0.2, 0.25) is 0 Å². The van der Waals surface area contributed by atoms with Gasteiger partial charge in [0.2, 0.25) is 0 Å². The third-order valence-electron chi connectivity index (χ3n) is 2.41. The van der Waals surface area contributed by atoms with Gasteiger partial charge in [0.25, 0.3) is 0 Å². The van der Waals surface area contributed by atoms with Gasteiger partial charge in [0.05, 0.1) is 0 Å². The molecule has 0 unspecified atom stereocenters. The van der Waals surface area contributed by atoms with E-state index < -0.39 is 30.9 Å². The highest BCUT2D eigenvalue weighted by Crippen LogP contribution is 2.24. The molecule has 12 heteroatoms. The topological polar surface area (TPSA) is 173 Å². The first-order chi connectivity index (χ1) is 13.0. The smallest absolute Gasteiger partial charge is 0.319 e. The number of carboxylic acid groups (broad SMARTS) is 3. The molecule has 0 aromatic heterocycles. The minimum absolute atomic E-state index is 0.146. The van der Waals surface area contributed by atoms with E-state index >= 15 is 0 Å². The Balaban J connectivity index is -0.000000327. The quantitative estimate of drug-likeness (QED) is 0.263. The molecular formula is C18H27Br3O9. The molecule has 9 nitrogen and oxygen atoms in total. The Morgan fingerprint density at radius 3 is 0.733 bits per heavy atom. The third-order valence-corrected chi connectivity index (χ3v) is 3.43. The maximum Gasteiger partial charge on any atom is 0.319 e. The first kappa shape index (κ1) is 33.1. The zero-order chi connectivity index (χ0) is 25.1. The molecule has 0 spiro atoms. The lowest BCUT2D eigenvalue weighted by molar-refractivity contribution is -0.139. The summed E-state index contributed by atoms with van der Waals surface area (Å²) < 4.78 is -2.31. The van der Waals surface area contributed by atoms with Crippen LogP contribution in [-0.4, -0.2) is 61.5 Å². The van der Waals surface area contributed by atoms with Gasteiger partial charge in [-0.1, -0.05) is 47.8 Å². The maximum absolute atomic E-state index is 9.97. The summed E-state index contributed by atoms with van der Waals surface area (Å²) in [6.45, 7) is 9.47. The Bertz CT molecular complexity index is 593. The average Bonchev–Trinajstić information content (AvgIpc) is 2.44. The number of phenolic OH excluding ortho intramolecular Hbond substituents is 3. The lowest BCUT2D eigenvalue weighted by Gasteiger charge is -2.06. The van der Waals surface area contributed by atoms with Gasteiger partial charge in [-0.05, 0) is 41.5 Å². The number of rotatable bonds is 3. The van der Waals surface area contributed by atoms with Crippen LogP contribution in [0.1, 0.15) is 41.5 Å². The Labute approximate surface area is 200 Å². The van der Waals surface area contributed by atoms with Crippen LogP contribution in [-0.2, 0) is 14.4 Å². The van der Waals surface area contributed by atoms with Crippen molar-refractivity contribution in [1.29, 1.82) is 0 Å². The summed E-state index contributed by atoms with van der Waals surface area (Å²) in [4.78, 5) is 29.9. The minimum Gasteiger partial charge on any atom is -0.508 e. The second kappa shape index (κ2) is 13.7. The number of carboxylic acids is 3. The number of hydrogen-bond acceptors (Lipinski definition) is 6. The van der Waals surface area contributed by atoms with Crippen molar-refractivity contribution in [3.05, 3.63) is 18.2 Å². The molecule has 0 heterocycles. The number of hydrogen-bond donors (Lipinski definition) is 6. The lowest BCUT2D eigenvalue weighted by atomic mass is 10.2. The molecule has 1 aromatic rings. The summed E-state index contributed by atoms with van der Waals surface area (Å²) in [6, 6.07) is 3.42. The largest absolute Gasteiger partial charge is 0.508 e. The van der Waals surface area contributed by atoms with Crippen LogP contribution >= 0.6 is 47.8 Å². The summed E-state index contributed by atoms with van der Waals surface area (Å²) >= 11 is 8.83. The van der Waals surface area contributed by atoms with Gasteiger partial charge in [-0.3, -0.25) is 14.4 Å². The second-order valence-electron chi connectivity index (χ2n) is 7.04. The summed E-state index contributed by atoms with van der Waals surface area (Å²) in [5, 5.41) is 50.6. The van der Waals surface area contributed by atoms with Crippen molar-refractivity contribution in [2.75, 3.05) is 0 Å². The highest BCUT2D eigenvalue weighted by atomic mass is 79.9. The molecule has 1 aromatic carbocycles. The highest BCUT2D eigenvalue weighted by Gasteiger charge is 2.22. The van der Waals surface area contributed by atoms with E-state index in [4.69, 9.17) is 30.6 Å². The summed E-state index contributed by atoms with van der Waals surface area (Å²) in [6.07, 6.45) is 0. The van der Waals surface area contributed by atoms with Crippen LogP contribution in [0.25, 0.3) is 0 Å². The zero-order valence-electron chi connectivity index (χ0n) is 17.3. The van der Waals surface area contributed by atoms with Gasteiger partial charge >= 0.3 is 17.9 Å². The predicted octanol–water partition coefficient (Wildman–Crippen LogP) is 4.54. The van der Waals surface area contributed by atoms with E-state index in [1.807, 2.05) is 0 Å². The summed E-state index contributed by atoms with van der Waals surface area (Å²) in [7, 11) is 0. The van der Waals surface area contributed by atoms with Gasteiger partial charge in [0.15, 0.2) is 0 Å². The highest BCUT2D eigenvalue weighted by molar-refractivity contribution is 9.10. The molecule has 0 fully saturated rings. The van der Waals surface area contributed by atoms with Crippen LogP contribution in [0.4, 0.5) is 0 Å². The van der Waals surface area contributed by atoms with Crippen LogP contribution in [0, 0.1) is 0 Å². The number of alkyl halides is 3. The van der Waals surface area contributed by atoms with Crippen LogP contribution < -0.4 is 0 Å². The fourth-order valence-electron chi connectivity index (χ4n) is 0.580. The molecule has 6 N–H and O–H groups in total. The van der Waals surface area contributed by atoms with Gasteiger partial charge in [-0.25, -0.2) is 0 Å². The van der Waals surface area contributed by atoms with Crippen molar-refractivity contribution in [1.82, 2.24) is 0 Å². The number of carbonyl (C=O) groups is 3. The molecule has 30 heavy (non-hydrogen) atoms. The number of phenols is 3. The van der Waals surface area contributed by atoms with E-state index in [-0.39, 0.29) is 17.2 Å². The van der Waals surface area contributed by atoms with E-state index in [0.29, 0.717) is 0 Å². The van der Waals surface area contributed by atoms with Gasteiger partial charge in [0.1, 0.15) is 30.2 Å². The van der Waals surface area contributed by atoms with Crippen molar-refractivity contribution in [2.24, 2.45) is 0 Å². The molecule has 0 amide bonds. The van der Waals surface area contributed by atoms with E-state index in [9.17, 15) is 14.4 Å². The predicted molar refractivity (Wildman–Crippen MR) is 123 cm³/mol. The number of aliphatic carboxylic acids is 3. The number of benzene rings is 1. The molecule has 0 saturated heterocycles. The third kappa shape index (κ3) is 21.2. The molecule has 0 aliphatic carbocycles. The first-order valence-electron chi connectivity index (χ1n) is 8.00. The van der Waals surface area contributed by atoms with E-state index in [0.717, 1.165) is 18.2 Å². The molecule has 0 aliphatic rings. The van der Waals surface area contributed by atoms with Crippen LogP contribution in [0.15, 0.2) is 18.2 Å². The Morgan fingerprint density at radius 1 is 0.567 bits per heavy atom. The molecule has 0 saturated carbocycles. The fourth-order valence-corrected chi connectivity index (χ4v) is 0.580. The minimum atomic E-state index is -0.840. The van der Waals surface area contributed by atoms with Gasteiger partial charge in [0, 0.05) is 18.2 Å². The number of aromatic hydroxyl groups is 3. The second-order valence-corrected chi connectivity index (χ2v) is 13.0. The number of halogens is 3. The summed E-state index contributed by atoms with van der Waals surface area (Å²) in [5.74, 6) is -2.96. The van der Waals surface area contributed by atoms with Crippen molar-refractivity contribution in [2.45, 2.75) is 54.5 Å². The van der Waals surface area contributed by atoms with Gasteiger partial charge in [-0.2, -0.15) is 0 Å². The zero-order valence-corrected chi connectivity index (χ0v) is 22.0. The molecule has 0 radical (unpaired) electrons. The maximum atomic E-state index is 9.97. The van der Waals surface area contributed by atoms with Crippen molar-refractivity contribution in [3.8, 4) is 17.2 Å². The average molecular weight is 627 g/mol. The molecular weight excluding hydrogens is 600 g/mol. The van der Waals surface area contributed by atoms with E-state index in [1.54, 1.807) is 41.5 Å². The fraction of sp³-hybridized carbons (Fsp3) is 0.500. The van der Waals surface area contributed by atoms with E-state index in [2.05, 4.69) is 47.8 Å². The molecule has 0 aliphatic heterocycles. The first-order valence-corrected chi connectivity index (χ1v) is 10.4. The van der Waals surface area contributed by atoms with Crippen molar-refractivity contribution >= 4 is 65.7 Å². The molecule has 174 valence electrons. The standard InChI is InChI=1S/C6H6O3.3C4H7BrO2/c7-4-1-5(8)3-6(9)2-4;3*1-4(2,5)3(6)7/h1-3,7-9H;3*1-2H3,(H,6,7). The van der Waals surface area contributed by atoms with Gasteiger partial charge in [-0.15, -0.1) is 0 Å². The van der Waals surface area contributed by atoms with Crippen LogP contribution in [0.5, 0.6) is 17.2 Å².